The molecule has 0 aliphatic heterocycles. The highest BCUT2D eigenvalue weighted by Crippen LogP contribution is 2.29. The van der Waals surface area contributed by atoms with Crippen LogP contribution >= 0.6 is 22.9 Å². The minimum Gasteiger partial charge on any atom is -0.395 e. The zero-order valence-corrected chi connectivity index (χ0v) is 12.9. The van der Waals surface area contributed by atoms with Gasteiger partial charge in [-0.2, -0.15) is 0 Å². The SMILES string of the molecule is O=S(=O)(N[C@H](CO)C1CCCCC1)c1ccc(Cl)s1. The molecule has 19 heavy (non-hydrogen) atoms. The van der Waals surface area contributed by atoms with E-state index in [9.17, 15) is 13.5 Å². The molecule has 2 N–H and O–H groups in total. The Labute approximate surface area is 122 Å². The Morgan fingerprint density at radius 2 is 2.05 bits per heavy atom. The summed E-state index contributed by atoms with van der Waals surface area (Å²) in [4.78, 5) is 0. The lowest BCUT2D eigenvalue weighted by Gasteiger charge is -2.29. The summed E-state index contributed by atoms with van der Waals surface area (Å²) in [5.74, 6) is 0.226. The van der Waals surface area contributed by atoms with Gasteiger partial charge in [0.05, 0.1) is 10.9 Å². The van der Waals surface area contributed by atoms with E-state index in [1.54, 1.807) is 6.07 Å². The molecule has 0 spiro atoms. The summed E-state index contributed by atoms with van der Waals surface area (Å²) >= 11 is 6.79. The standard InChI is InChI=1S/C12H18ClNO3S2/c13-11-6-7-12(18-11)19(16,17)14-10(8-15)9-4-2-1-3-5-9/h6-7,9-10,14-15H,1-5,8H2/t10-/m1/s1. The van der Waals surface area contributed by atoms with Crippen LogP contribution in [0, 0.1) is 5.92 Å². The molecule has 0 bridgehead atoms. The number of rotatable bonds is 5. The molecule has 4 nitrogen and oxygen atoms in total. The number of hydrogen-bond acceptors (Lipinski definition) is 4. The van der Waals surface area contributed by atoms with Gasteiger partial charge in [-0.15, -0.1) is 11.3 Å². The summed E-state index contributed by atoms with van der Waals surface area (Å²) < 4.78 is 27.6. The molecular formula is C12H18ClNO3S2. The molecule has 1 atom stereocenters. The minimum absolute atomic E-state index is 0.164. The molecule has 1 heterocycles. The summed E-state index contributed by atoms with van der Waals surface area (Å²) in [5, 5.41) is 9.44. The summed E-state index contributed by atoms with van der Waals surface area (Å²) in [6.45, 7) is -0.164. The molecule has 0 unspecified atom stereocenters. The van der Waals surface area contributed by atoms with Crippen LogP contribution in [0.5, 0.6) is 0 Å². The maximum absolute atomic E-state index is 12.2. The molecule has 0 radical (unpaired) electrons. The topological polar surface area (TPSA) is 66.4 Å². The van der Waals surface area contributed by atoms with Crippen LogP contribution in [0.25, 0.3) is 0 Å². The molecule has 0 amide bonds. The van der Waals surface area contributed by atoms with E-state index >= 15 is 0 Å². The predicted octanol–water partition coefficient (Wildman–Crippen LogP) is 2.62. The highest BCUT2D eigenvalue weighted by Gasteiger charge is 2.28. The zero-order valence-electron chi connectivity index (χ0n) is 10.5. The van der Waals surface area contributed by atoms with Gasteiger partial charge in [-0.05, 0) is 30.9 Å². The minimum atomic E-state index is -3.58. The number of halogens is 1. The van der Waals surface area contributed by atoms with Crippen LogP contribution in [0.1, 0.15) is 32.1 Å². The van der Waals surface area contributed by atoms with Crippen molar-refractivity contribution >= 4 is 33.0 Å². The highest BCUT2D eigenvalue weighted by molar-refractivity contribution is 7.91. The Bertz CT molecular complexity index is 509. The zero-order chi connectivity index (χ0) is 13.9. The molecular weight excluding hydrogens is 306 g/mol. The van der Waals surface area contributed by atoms with Crippen LogP contribution in [0.3, 0.4) is 0 Å². The maximum Gasteiger partial charge on any atom is 0.250 e. The van der Waals surface area contributed by atoms with Crippen molar-refractivity contribution in [2.24, 2.45) is 5.92 Å². The van der Waals surface area contributed by atoms with Crippen molar-refractivity contribution < 1.29 is 13.5 Å². The van der Waals surface area contributed by atoms with Crippen LogP contribution in [-0.2, 0) is 10.0 Å². The summed E-state index contributed by atoms with van der Waals surface area (Å²) in [6.07, 6.45) is 5.35. The van der Waals surface area contributed by atoms with Crippen molar-refractivity contribution in [3.8, 4) is 0 Å². The second kappa shape index (κ2) is 6.54. The Morgan fingerprint density at radius 3 is 2.58 bits per heavy atom. The lowest BCUT2D eigenvalue weighted by atomic mass is 9.84. The van der Waals surface area contributed by atoms with Gasteiger partial charge < -0.3 is 5.11 Å². The first-order valence-corrected chi connectivity index (χ1v) is 9.09. The third-order valence-electron chi connectivity index (χ3n) is 3.54. The highest BCUT2D eigenvalue weighted by atomic mass is 35.5. The molecule has 1 saturated carbocycles. The van der Waals surface area contributed by atoms with Crippen LogP contribution in [-0.4, -0.2) is 26.2 Å². The monoisotopic (exact) mass is 323 g/mol. The molecule has 1 aromatic heterocycles. The average Bonchev–Trinajstić information content (AvgIpc) is 2.85. The number of sulfonamides is 1. The van der Waals surface area contributed by atoms with Crippen molar-refractivity contribution in [1.82, 2.24) is 4.72 Å². The van der Waals surface area contributed by atoms with Crippen molar-refractivity contribution in [2.75, 3.05) is 6.61 Å². The van der Waals surface area contributed by atoms with Crippen molar-refractivity contribution in [2.45, 2.75) is 42.4 Å². The summed E-state index contributed by atoms with van der Waals surface area (Å²) in [5.41, 5.74) is 0. The van der Waals surface area contributed by atoms with E-state index in [1.165, 1.54) is 12.5 Å². The molecule has 108 valence electrons. The third kappa shape index (κ3) is 3.92. The third-order valence-corrected chi connectivity index (χ3v) is 6.75. The van der Waals surface area contributed by atoms with Crippen LogP contribution in [0.15, 0.2) is 16.3 Å². The number of hydrogen-bond donors (Lipinski definition) is 2. The molecule has 0 saturated heterocycles. The second-order valence-corrected chi connectivity index (χ2v) is 8.52. The summed E-state index contributed by atoms with van der Waals surface area (Å²) in [6, 6.07) is 2.66. The van der Waals surface area contributed by atoms with Gasteiger partial charge in [-0.3, -0.25) is 0 Å². The quantitative estimate of drug-likeness (QED) is 0.875. The lowest BCUT2D eigenvalue weighted by Crippen LogP contribution is -2.43. The molecule has 2 rings (SSSR count). The number of aliphatic hydroxyl groups is 1. The first-order chi connectivity index (χ1) is 9.03. The van der Waals surface area contributed by atoms with E-state index in [2.05, 4.69) is 4.72 Å². The van der Waals surface area contributed by atoms with E-state index in [0.29, 0.717) is 4.34 Å². The molecule has 7 heteroatoms. The number of nitrogens with one attached hydrogen (secondary N) is 1. The first-order valence-electron chi connectivity index (χ1n) is 6.41. The first kappa shape index (κ1) is 15.3. The fraction of sp³-hybridized carbons (Fsp3) is 0.667. The maximum atomic E-state index is 12.2. The van der Waals surface area contributed by atoms with Gasteiger partial charge >= 0.3 is 0 Å². The van der Waals surface area contributed by atoms with Gasteiger partial charge in [-0.1, -0.05) is 30.9 Å². The molecule has 1 aliphatic rings. The molecule has 0 aromatic carbocycles. The second-order valence-electron chi connectivity index (χ2n) is 4.87. The molecule has 1 aliphatic carbocycles. The Morgan fingerprint density at radius 1 is 1.37 bits per heavy atom. The predicted molar refractivity (Wildman–Crippen MR) is 77.1 cm³/mol. The van der Waals surface area contributed by atoms with E-state index in [1.807, 2.05) is 0 Å². The molecule has 1 aromatic rings. The number of thiophene rings is 1. The fourth-order valence-electron chi connectivity index (χ4n) is 2.52. The molecule has 1 fully saturated rings. The van der Waals surface area contributed by atoms with Gasteiger partial charge in [0.25, 0.3) is 0 Å². The lowest BCUT2D eigenvalue weighted by molar-refractivity contribution is 0.187. The summed E-state index contributed by atoms with van der Waals surface area (Å²) in [7, 11) is -3.58. The fourth-order valence-corrected chi connectivity index (χ4v) is 5.31. The largest absolute Gasteiger partial charge is 0.395 e. The van der Waals surface area contributed by atoms with Crippen molar-refractivity contribution in [3.63, 3.8) is 0 Å². The van der Waals surface area contributed by atoms with Crippen molar-refractivity contribution in [1.29, 1.82) is 0 Å². The number of aliphatic hydroxyl groups excluding tert-OH is 1. The van der Waals surface area contributed by atoms with Gasteiger partial charge in [0.15, 0.2) is 0 Å². The Balaban J connectivity index is 2.08. The van der Waals surface area contributed by atoms with Gasteiger partial charge in [0.1, 0.15) is 4.21 Å². The Kier molecular flexibility index (Phi) is 5.25. The van der Waals surface area contributed by atoms with Crippen LogP contribution < -0.4 is 4.72 Å². The van der Waals surface area contributed by atoms with Crippen molar-refractivity contribution in [3.05, 3.63) is 16.5 Å². The average molecular weight is 324 g/mol. The van der Waals surface area contributed by atoms with Gasteiger partial charge in [-0.25, -0.2) is 13.1 Å². The van der Waals surface area contributed by atoms with E-state index < -0.39 is 16.1 Å². The van der Waals surface area contributed by atoms with E-state index in [-0.39, 0.29) is 16.7 Å². The van der Waals surface area contributed by atoms with E-state index in [0.717, 1.165) is 37.0 Å². The van der Waals surface area contributed by atoms with E-state index in [4.69, 9.17) is 11.6 Å². The van der Waals surface area contributed by atoms with Gasteiger partial charge in [0.2, 0.25) is 10.0 Å². The van der Waals surface area contributed by atoms with Crippen LogP contribution in [0.4, 0.5) is 0 Å². The van der Waals surface area contributed by atoms with Crippen LogP contribution in [0.2, 0.25) is 4.34 Å². The Hall–Kier alpha value is -0.140. The van der Waals surface area contributed by atoms with Gasteiger partial charge in [0, 0.05) is 6.04 Å². The normalized spacial score (nSPS) is 19.5. The smallest absolute Gasteiger partial charge is 0.250 e.